The van der Waals surface area contributed by atoms with Gasteiger partial charge >= 0.3 is 0 Å². The number of aldehydes is 1. The summed E-state index contributed by atoms with van der Waals surface area (Å²) in [5.41, 5.74) is 3.95. The van der Waals surface area contributed by atoms with Crippen LogP contribution < -0.4 is 0 Å². The lowest BCUT2D eigenvalue weighted by atomic mass is 9.88. The van der Waals surface area contributed by atoms with Crippen molar-refractivity contribution in [3.8, 4) is 11.1 Å². The Hall–Kier alpha value is -1.33. The molecule has 3 rings (SSSR count). The van der Waals surface area contributed by atoms with Crippen molar-refractivity contribution in [2.75, 3.05) is 12.5 Å². The van der Waals surface area contributed by atoms with Gasteiger partial charge in [0.05, 0.1) is 0 Å². The molecule has 5 heteroatoms. The van der Waals surface area contributed by atoms with Crippen LogP contribution in [0.5, 0.6) is 0 Å². The van der Waals surface area contributed by atoms with E-state index in [0.29, 0.717) is 5.02 Å². The Kier molecular flexibility index (Phi) is 6.74. The van der Waals surface area contributed by atoms with Crippen LogP contribution in [-0.4, -0.2) is 23.5 Å². The van der Waals surface area contributed by atoms with Gasteiger partial charge in [-0.15, -0.1) is 10.3 Å². The molecule has 1 atom stereocenters. The van der Waals surface area contributed by atoms with Gasteiger partial charge in [0.25, 0.3) is 0 Å². The van der Waals surface area contributed by atoms with Gasteiger partial charge in [-0.05, 0) is 75.0 Å². The molecule has 0 aliphatic heterocycles. The average Bonchev–Trinajstić information content (AvgIpc) is 2.69. The lowest BCUT2D eigenvalue weighted by Gasteiger charge is -2.45. The van der Waals surface area contributed by atoms with E-state index in [1.54, 1.807) is 0 Å². The molecule has 0 aromatic heterocycles. The van der Waals surface area contributed by atoms with Crippen LogP contribution in [0.4, 0.5) is 0 Å². The first-order valence-corrected chi connectivity index (χ1v) is 13.4. The fourth-order valence-corrected chi connectivity index (χ4v) is 5.00. The first-order valence-electron chi connectivity index (χ1n) is 9.81. The maximum atomic E-state index is 12.4. The van der Waals surface area contributed by atoms with E-state index in [4.69, 9.17) is 15.8 Å². The molecule has 0 aliphatic carbocycles. The van der Waals surface area contributed by atoms with Crippen LogP contribution in [0.1, 0.15) is 38.0 Å². The van der Waals surface area contributed by atoms with Crippen LogP contribution in [0.15, 0.2) is 53.0 Å². The lowest BCUT2D eigenvalue weighted by molar-refractivity contribution is -0.113. The fourth-order valence-electron chi connectivity index (χ4n) is 3.37. The zero-order valence-electron chi connectivity index (χ0n) is 18.3. The molecule has 30 heavy (non-hydrogen) atoms. The molecule has 0 bridgehead atoms. The topological polar surface area (TPSA) is 26.3 Å². The largest absolute Gasteiger partial charge is 0.321 e. The van der Waals surface area contributed by atoms with Crippen LogP contribution in [0.3, 0.4) is 0 Å². The number of fused-ring (bicyclic) bond motifs is 1. The average molecular weight is 508 g/mol. The zero-order chi connectivity index (χ0) is 22.3. The highest BCUT2D eigenvalue weighted by Crippen LogP contribution is 2.57. The SMILES string of the molecule is Cc1c(C(C=O)OS(C)(C)C(C)(C)C)c(-c2ccc(Cl)cc2)c2ccccc2c1Br. The summed E-state index contributed by atoms with van der Waals surface area (Å²) in [6.45, 7) is 8.53. The van der Waals surface area contributed by atoms with Gasteiger partial charge < -0.3 is 8.98 Å². The quantitative estimate of drug-likeness (QED) is 0.325. The molecule has 160 valence electrons. The fraction of sp³-hybridized carbons (Fsp3) is 0.320. The summed E-state index contributed by atoms with van der Waals surface area (Å²) in [6.07, 6.45) is 4.51. The minimum Gasteiger partial charge on any atom is -0.321 e. The van der Waals surface area contributed by atoms with Gasteiger partial charge in [0, 0.05) is 19.8 Å². The van der Waals surface area contributed by atoms with Crippen molar-refractivity contribution in [1.82, 2.24) is 0 Å². The highest BCUT2D eigenvalue weighted by molar-refractivity contribution is 9.10. The van der Waals surface area contributed by atoms with Crippen LogP contribution in [0.25, 0.3) is 21.9 Å². The smallest absolute Gasteiger partial charge is 0.154 e. The lowest BCUT2D eigenvalue weighted by Crippen LogP contribution is -2.27. The van der Waals surface area contributed by atoms with Crippen molar-refractivity contribution < 1.29 is 8.98 Å². The maximum Gasteiger partial charge on any atom is 0.154 e. The molecule has 0 spiro atoms. The molecule has 0 aliphatic rings. The van der Waals surface area contributed by atoms with Crippen molar-refractivity contribution in [2.24, 2.45) is 0 Å². The molecular weight excluding hydrogens is 480 g/mol. The number of halogens is 2. The summed E-state index contributed by atoms with van der Waals surface area (Å²) in [5, 5.41) is 2.86. The Bertz CT molecular complexity index is 1080. The summed E-state index contributed by atoms with van der Waals surface area (Å²) in [5.74, 6) is 0. The molecule has 0 saturated carbocycles. The number of hydrogen-bond donors (Lipinski definition) is 0. The zero-order valence-corrected chi connectivity index (χ0v) is 21.4. The summed E-state index contributed by atoms with van der Waals surface area (Å²) in [7, 11) is -1.51. The minimum absolute atomic E-state index is 0.0588. The third-order valence-electron chi connectivity index (χ3n) is 5.80. The van der Waals surface area contributed by atoms with Gasteiger partial charge in [-0.3, -0.25) is 0 Å². The molecule has 3 aromatic carbocycles. The second-order valence-corrected chi connectivity index (χ2v) is 13.9. The second kappa shape index (κ2) is 8.66. The Labute approximate surface area is 194 Å². The van der Waals surface area contributed by atoms with Gasteiger partial charge in [0.2, 0.25) is 0 Å². The first kappa shape index (κ1) is 23.3. The number of rotatable bonds is 5. The van der Waals surface area contributed by atoms with Crippen molar-refractivity contribution >= 4 is 54.9 Å². The third kappa shape index (κ3) is 4.34. The van der Waals surface area contributed by atoms with Gasteiger partial charge in [0.1, 0.15) is 0 Å². The molecule has 0 heterocycles. The van der Waals surface area contributed by atoms with Gasteiger partial charge in [-0.1, -0.05) is 68.8 Å². The van der Waals surface area contributed by atoms with Crippen LogP contribution in [0, 0.1) is 6.92 Å². The van der Waals surface area contributed by atoms with E-state index in [2.05, 4.69) is 61.3 Å². The van der Waals surface area contributed by atoms with E-state index in [-0.39, 0.29) is 4.75 Å². The Morgan fingerprint density at radius 1 is 1.03 bits per heavy atom. The predicted molar refractivity (Wildman–Crippen MR) is 136 cm³/mol. The van der Waals surface area contributed by atoms with Gasteiger partial charge in [-0.25, -0.2) is 0 Å². The van der Waals surface area contributed by atoms with E-state index in [1.807, 2.05) is 43.3 Å². The molecule has 0 fully saturated rings. The van der Waals surface area contributed by atoms with Crippen LogP contribution in [-0.2, 0) is 8.98 Å². The molecule has 0 N–H and O–H groups in total. The molecule has 3 aromatic rings. The van der Waals surface area contributed by atoms with Crippen molar-refractivity contribution in [3.63, 3.8) is 0 Å². The standard InChI is InChI=1S/C25H28BrClO2S/c1-16-22(21(15-28)29-30(5,6)25(2,3)4)23(17-11-13-18(27)14-12-17)19-9-7-8-10-20(19)24(16)26/h7-15,21H,1-6H3. The predicted octanol–water partition coefficient (Wildman–Crippen LogP) is 8.27. The number of carbonyl (C=O) groups excluding carboxylic acids is 1. The molecule has 0 saturated heterocycles. The summed E-state index contributed by atoms with van der Waals surface area (Å²) < 4.78 is 7.51. The molecular formula is C25H28BrClO2S. The first-order chi connectivity index (χ1) is 14.0. The number of carbonyl (C=O) groups is 1. The second-order valence-electron chi connectivity index (χ2n) is 8.78. The molecule has 2 nitrogen and oxygen atoms in total. The third-order valence-corrected chi connectivity index (χ3v) is 10.7. The maximum absolute atomic E-state index is 12.4. The van der Waals surface area contributed by atoms with Gasteiger partial charge in [0.15, 0.2) is 12.4 Å². The van der Waals surface area contributed by atoms with Crippen LogP contribution in [0.2, 0.25) is 5.02 Å². The van der Waals surface area contributed by atoms with E-state index in [0.717, 1.165) is 43.8 Å². The van der Waals surface area contributed by atoms with Gasteiger partial charge in [-0.2, -0.15) is 0 Å². The normalized spacial score (nSPS) is 14.0. The Balaban J connectivity index is 2.35. The minimum atomic E-state index is -1.51. The highest BCUT2D eigenvalue weighted by atomic mass is 79.9. The molecule has 0 amide bonds. The Morgan fingerprint density at radius 2 is 1.60 bits per heavy atom. The summed E-state index contributed by atoms with van der Waals surface area (Å²) in [4.78, 5) is 12.4. The highest BCUT2D eigenvalue weighted by Gasteiger charge is 2.34. The van der Waals surface area contributed by atoms with Crippen molar-refractivity contribution in [2.45, 2.75) is 38.5 Å². The summed E-state index contributed by atoms with van der Waals surface area (Å²) in [6, 6.07) is 16.0. The monoisotopic (exact) mass is 506 g/mol. The van der Waals surface area contributed by atoms with E-state index in [9.17, 15) is 4.79 Å². The summed E-state index contributed by atoms with van der Waals surface area (Å²) >= 11 is 9.94. The molecule has 1 unspecified atom stereocenters. The number of benzene rings is 3. The van der Waals surface area contributed by atoms with Crippen molar-refractivity contribution in [1.29, 1.82) is 0 Å². The van der Waals surface area contributed by atoms with E-state index >= 15 is 0 Å². The van der Waals surface area contributed by atoms with E-state index < -0.39 is 16.4 Å². The number of hydrogen-bond acceptors (Lipinski definition) is 2. The van der Waals surface area contributed by atoms with Crippen molar-refractivity contribution in [3.05, 3.63) is 69.2 Å². The van der Waals surface area contributed by atoms with E-state index in [1.165, 1.54) is 0 Å². The molecule has 0 radical (unpaired) electrons. The van der Waals surface area contributed by atoms with Crippen LogP contribution >= 0.6 is 37.8 Å². The Morgan fingerprint density at radius 3 is 2.13 bits per heavy atom.